The van der Waals surface area contributed by atoms with Crippen LogP contribution in [0.2, 0.25) is 0 Å². The fourth-order valence-electron chi connectivity index (χ4n) is 1.98. The lowest BCUT2D eigenvalue weighted by Crippen LogP contribution is -2.44. The number of hydrogen-bond acceptors (Lipinski definition) is 5. The third-order valence-electron chi connectivity index (χ3n) is 2.99. The van der Waals surface area contributed by atoms with Crippen molar-refractivity contribution in [3.63, 3.8) is 0 Å². The van der Waals surface area contributed by atoms with Gasteiger partial charge in [0.25, 0.3) is 0 Å². The number of rotatable bonds is 2. The van der Waals surface area contributed by atoms with Crippen LogP contribution in [0.4, 0.5) is 0 Å². The summed E-state index contributed by atoms with van der Waals surface area (Å²) in [6.07, 6.45) is 9.62. The normalized spacial score (nSPS) is 15.3. The smallest absolute Gasteiger partial charge is 0.246 e. The summed E-state index contributed by atoms with van der Waals surface area (Å²) >= 11 is 5.37. The zero-order chi connectivity index (χ0) is 14.4. The Morgan fingerprint density at radius 1 is 1.40 bits per heavy atom. The summed E-state index contributed by atoms with van der Waals surface area (Å²) < 4.78 is 0. The van der Waals surface area contributed by atoms with Crippen molar-refractivity contribution in [1.82, 2.24) is 19.9 Å². The molecule has 0 unspecified atom stereocenters. The van der Waals surface area contributed by atoms with Crippen molar-refractivity contribution in [2.75, 3.05) is 13.1 Å². The van der Waals surface area contributed by atoms with Gasteiger partial charge >= 0.3 is 0 Å². The summed E-state index contributed by atoms with van der Waals surface area (Å²) in [6, 6.07) is 0. The highest BCUT2D eigenvalue weighted by Gasteiger charge is 2.21. The van der Waals surface area contributed by atoms with E-state index in [1.54, 1.807) is 18.6 Å². The number of carbonyl (C=O) groups is 1. The van der Waals surface area contributed by atoms with Gasteiger partial charge in [0.1, 0.15) is 5.69 Å². The van der Waals surface area contributed by atoms with Gasteiger partial charge in [0, 0.05) is 32.4 Å². The molecule has 0 aliphatic carbocycles. The van der Waals surface area contributed by atoms with E-state index in [-0.39, 0.29) is 5.91 Å². The molecule has 0 N–H and O–H groups in total. The second-order valence-corrected chi connectivity index (χ2v) is 4.90. The molecule has 0 saturated carbocycles. The number of hydrogen-bond donors (Lipinski definition) is 0. The number of carbonyl (C=O) groups excluding carboxylic acids is 1. The lowest BCUT2D eigenvalue weighted by atomic mass is 10.1. The van der Waals surface area contributed by atoms with Crippen LogP contribution in [0.3, 0.4) is 0 Å². The van der Waals surface area contributed by atoms with E-state index in [1.165, 1.54) is 24.6 Å². The second-order valence-electron chi connectivity index (χ2n) is 4.54. The molecule has 0 spiro atoms. The van der Waals surface area contributed by atoms with Crippen molar-refractivity contribution in [1.29, 1.82) is 0 Å². The first-order valence-electron chi connectivity index (χ1n) is 6.58. The minimum atomic E-state index is -0.208. The van der Waals surface area contributed by atoms with Crippen LogP contribution in [0.5, 0.6) is 0 Å². The molecule has 0 atom stereocenters. The lowest BCUT2D eigenvalue weighted by Gasteiger charge is -2.31. The Morgan fingerprint density at radius 3 is 2.75 bits per heavy atom. The zero-order valence-electron chi connectivity index (χ0n) is 11.4. The molecule has 0 aromatic carbocycles. The van der Waals surface area contributed by atoms with Crippen molar-refractivity contribution < 1.29 is 4.79 Å². The van der Waals surface area contributed by atoms with Crippen LogP contribution < -0.4 is 0 Å². The van der Waals surface area contributed by atoms with Gasteiger partial charge < -0.3 is 4.90 Å². The van der Waals surface area contributed by atoms with E-state index < -0.39 is 0 Å². The fourth-order valence-corrected chi connectivity index (χ4v) is 2.34. The van der Waals surface area contributed by atoms with E-state index in [2.05, 4.69) is 15.1 Å². The summed E-state index contributed by atoms with van der Waals surface area (Å²) in [7, 11) is 0. The number of thiocarbonyl (C=S) groups is 1. The third kappa shape index (κ3) is 3.80. The summed E-state index contributed by atoms with van der Waals surface area (Å²) in [4.78, 5) is 21.8. The first-order chi connectivity index (χ1) is 9.68. The van der Waals surface area contributed by atoms with E-state index in [9.17, 15) is 4.79 Å². The zero-order valence-corrected chi connectivity index (χ0v) is 12.2. The van der Waals surface area contributed by atoms with Gasteiger partial charge in [-0.3, -0.25) is 14.8 Å². The van der Waals surface area contributed by atoms with Gasteiger partial charge in [0.15, 0.2) is 5.11 Å². The molecule has 1 aliphatic heterocycles. The minimum Gasteiger partial charge on any atom is -0.347 e. The van der Waals surface area contributed by atoms with Crippen molar-refractivity contribution in [3.8, 4) is 0 Å². The molecule has 1 aromatic rings. The Hall–Kier alpha value is -1.89. The Morgan fingerprint density at radius 2 is 2.15 bits per heavy atom. The van der Waals surface area contributed by atoms with Gasteiger partial charge in [-0.05, 0) is 31.5 Å². The van der Waals surface area contributed by atoms with E-state index >= 15 is 0 Å². The van der Waals surface area contributed by atoms with Crippen LogP contribution in [0.1, 0.15) is 31.9 Å². The number of amides is 1. The van der Waals surface area contributed by atoms with E-state index in [0.29, 0.717) is 10.8 Å². The predicted octanol–water partition coefficient (Wildman–Crippen LogP) is 1.43. The quantitative estimate of drug-likeness (QED) is 0.468. The van der Waals surface area contributed by atoms with Crippen molar-refractivity contribution in [3.05, 3.63) is 24.3 Å². The molecule has 1 saturated heterocycles. The maximum Gasteiger partial charge on any atom is 0.246 e. The second kappa shape index (κ2) is 7.04. The third-order valence-corrected chi connectivity index (χ3v) is 3.43. The largest absolute Gasteiger partial charge is 0.347 e. The summed E-state index contributed by atoms with van der Waals surface area (Å²) in [5, 5.41) is 5.84. The van der Waals surface area contributed by atoms with Gasteiger partial charge in [-0.15, -0.1) is 0 Å². The average molecular weight is 291 g/mol. The van der Waals surface area contributed by atoms with Gasteiger partial charge in [-0.25, -0.2) is 0 Å². The fraction of sp³-hybridized carbons (Fsp3) is 0.462. The molecule has 0 bridgehead atoms. The molecule has 106 valence electrons. The van der Waals surface area contributed by atoms with Crippen LogP contribution in [0.25, 0.3) is 0 Å². The monoisotopic (exact) mass is 291 g/mol. The molecule has 6 nitrogen and oxygen atoms in total. The highest BCUT2D eigenvalue weighted by atomic mass is 32.1. The molecule has 0 radical (unpaired) electrons. The molecule has 2 heterocycles. The molecular formula is C13H17N5OS. The maximum atomic E-state index is 11.7. The number of likely N-dealkylation sites (tertiary alicyclic amines) is 1. The van der Waals surface area contributed by atoms with Crippen LogP contribution in [0.15, 0.2) is 23.7 Å². The van der Waals surface area contributed by atoms with Crippen LogP contribution in [-0.2, 0) is 4.79 Å². The predicted molar refractivity (Wildman–Crippen MR) is 80.2 cm³/mol. The average Bonchev–Trinajstić information content (AvgIpc) is 2.49. The van der Waals surface area contributed by atoms with Crippen LogP contribution in [0, 0.1) is 0 Å². The maximum absolute atomic E-state index is 11.7. The molecule has 20 heavy (non-hydrogen) atoms. The molecule has 1 aliphatic rings. The highest BCUT2D eigenvalue weighted by Crippen LogP contribution is 2.12. The lowest BCUT2D eigenvalue weighted by molar-refractivity contribution is -0.125. The Kier molecular flexibility index (Phi) is 5.11. The standard InChI is InChI=1S/C13H17N5OS/c1-11(19)18(13(20)17-7-3-2-4-8-17)16-10-12-9-14-5-6-15-12/h5-6,9-10H,2-4,7-8H2,1H3/b16-10+. The van der Waals surface area contributed by atoms with Crippen LogP contribution in [-0.4, -0.2) is 50.2 Å². The van der Waals surface area contributed by atoms with Crippen LogP contribution >= 0.6 is 12.2 Å². The van der Waals surface area contributed by atoms with Gasteiger partial charge in [0.2, 0.25) is 5.91 Å². The number of nitrogens with zero attached hydrogens (tertiary/aromatic N) is 5. The molecule has 7 heteroatoms. The number of hydrazone groups is 1. The SMILES string of the molecule is CC(=O)N(/N=C/c1cnccn1)C(=S)N1CCCCC1. The van der Waals surface area contributed by atoms with Gasteiger partial charge in [-0.2, -0.15) is 10.1 Å². The molecule has 1 aromatic heterocycles. The topological polar surface area (TPSA) is 61.7 Å². The first kappa shape index (κ1) is 14.5. The number of piperidine rings is 1. The molecule has 2 rings (SSSR count). The van der Waals surface area contributed by atoms with E-state index in [1.807, 2.05) is 4.90 Å². The van der Waals surface area contributed by atoms with E-state index in [4.69, 9.17) is 12.2 Å². The van der Waals surface area contributed by atoms with Crippen molar-refractivity contribution in [2.24, 2.45) is 5.10 Å². The Labute approximate surface area is 123 Å². The summed E-state index contributed by atoms with van der Waals surface area (Å²) in [5.41, 5.74) is 0.584. The van der Waals surface area contributed by atoms with E-state index in [0.717, 1.165) is 25.9 Å². The Bertz CT molecular complexity index is 499. The summed E-state index contributed by atoms with van der Waals surface area (Å²) in [5.74, 6) is -0.208. The van der Waals surface area contributed by atoms with Gasteiger partial charge in [-0.1, -0.05) is 0 Å². The molecular weight excluding hydrogens is 274 g/mol. The van der Waals surface area contributed by atoms with Crippen molar-refractivity contribution >= 4 is 29.5 Å². The van der Waals surface area contributed by atoms with Gasteiger partial charge in [0.05, 0.1) is 12.4 Å². The molecule has 1 amide bonds. The highest BCUT2D eigenvalue weighted by molar-refractivity contribution is 7.80. The van der Waals surface area contributed by atoms with Crippen molar-refractivity contribution in [2.45, 2.75) is 26.2 Å². The first-order valence-corrected chi connectivity index (χ1v) is 6.99. The minimum absolute atomic E-state index is 0.208. The Balaban J connectivity index is 2.08. The number of aromatic nitrogens is 2. The molecule has 1 fully saturated rings. The summed E-state index contributed by atoms with van der Waals surface area (Å²) in [6.45, 7) is 3.21.